The Morgan fingerprint density at radius 3 is 2.79 bits per heavy atom. The van der Waals surface area contributed by atoms with Crippen molar-refractivity contribution < 1.29 is 0 Å². The van der Waals surface area contributed by atoms with Gasteiger partial charge in [0.15, 0.2) is 0 Å². The van der Waals surface area contributed by atoms with Crippen LogP contribution in [0.3, 0.4) is 0 Å². The summed E-state index contributed by atoms with van der Waals surface area (Å²) in [5.74, 6) is 1.11. The minimum absolute atomic E-state index is 0.0175. The summed E-state index contributed by atoms with van der Waals surface area (Å²) in [6.07, 6.45) is 2.81. The van der Waals surface area contributed by atoms with Crippen LogP contribution in [-0.4, -0.2) is 47.6 Å². The first-order valence-electron chi connectivity index (χ1n) is 10.1. The van der Waals surface area contributed by atoms with E-state index in [1.807, 2.05) is 18.3 Å². The van der Waals surface area contributed by atoms with E-state index < -0.39 is 0 Å². The van der Waals surface area contributed by atoms with E-state index in [0.29, 0.717) is 0 Å². The van der Waals surface area contributed by atoms with E-state index in [0.717, 1.165) is 61.4 Å². The molecule has 0 saturated carbocycles. The molecule has 148 valence electrons. The van der Waals surface area contributed by atoms with Crippen LogP contribution < -0.4 is 10.5 Å². The minimum Gasteiger partial charge on any atom is -0.354 e. The van der Waals surface area contributed by atoms with Gasteiger partial charge in [0.25, 0.3) is 0 Å². The van der Waals surface area contributed by atoms with E-state index in [1.54, 1.807) is 17.4 Å². The van der Waals surface area contributed by atoms with E-state index in [1.165, 1.54) is 15.6 Å². The molecule has 1 aliphatic rings. The number of anilines is 1. The van der Waals surface area contributed by atoms with Crippen molar-refractivity contribution in [3.63, 3.8) is 0 Å². The van der Waals surface area contributed by atoms with Gasteiger partial charge in [-0.05, 0) is 48.6 Å². The largest absolute Gasteiger partial charge is 0.354 e. The molecule has 1 aromatic carbocycles. The Balaban J connectivity index is 1.27. The van der Waals surface area contributed by atoms with Crippen molar-refractivity contribution in [2.45, 2.75) is 13.3 Å². The molecule has 0 atom stereocenters. The summed E-state index contributed by atoms with van der Waals surface area (Å²) in [6, 6.07) is 12.3. The normalized spacial score (nSPS) is 15.4. The third kappa shape index (κ3) is 3.66. The zero-order valence-corrected chi connectivity index (χ0v) is 17.3. The number of pyridine rings is 2. The molecule has 0 aliphatic carbocycles. The number of aryl methyl sites for hydroxylation is 1. The van der Waals surface area contributed by atoms with Gasteiger partial charge in [-0.15, -0.1) is 11.3 Å². The first-order valence-corrected chi connectivity index (χ1v) is 11.0. The van der Waals surface area contributed by atoms with Crippen molar-refractivity contribution in [2.24, 2.45) is 0 Å². The number of piperazine rings is 1. The van der Waals surface area contributed by atoms with Crippen molar-refractivity contribution in [3.05, 3.63) is 69.5 Å². The van der Waals surface area contributed by atoms with Crippen LogP contribution in [0.1, 0.15) is 11.1 Å². The van der Waals surface area contributed by atoms with Crippen LogP contribution in [0.25, 0.3) is 21.0 Å². The van der Waals surface area contributed by atoms with E-state index in [-0.39, 0.29) is 5.56 Å². The third-order valence-corrected chi connectivity index (χ3v) is 6.69. The molecule has 0 unspecified atom stereocenters. The fourth-order valence-electron chi connectivity index (χ4n) is 4.24. The molecular formula is C23H24N4OS. The van der Waals surface area contributed by atoms with Crippen LogP contribution >= 0.6 is 11.3 Å². The van der Waals surface area contributed by atoms with Crippen molar-refractivity contribution >= 4 is 38.1 Å². The predicted molar refractivity (Wildman–Crippen MR) is 121 cm³/mol. The highest BCUT2D eigenvalue weighted by Crippen LogP contribution is 2.29. The lowest BCUT2D eigenvalue weighted by atomic mass is 10.0. The lowest BCUT2D eigenvalue weighted by Crippen LogP contribution is -2.47. The number of nitrogens with zero attached hydrogens (tertiary/aromatic N) is 3. The molecule has 6 heteroatoms. The van der Waals surface area contributed by atoms with Crippen molar-refractivity contribution in [2.75, 3.05) is 37.6 Å². The van der Waals surface area contributed by atoms with Crippen molar-refractivity contribution in [3.8, 4) is 0 Å². The second-order valence-corrected chi connectivity index (χ2v) is 8.70. The molecule has 5 nitrogen and oxygen atoms in total. The van der Waals surface area contributed by atoms with Gasteiger partial charge in [0.05, 0.1) is 0 Å². The first kappa shape index (κ1) is 18.3. The van der Waals surface area contributed by atoms with E-state index in [9.17, 15) is 4.79 Å². The molecule has 1 fully saturated rings. The monoisotopic (exact) mass is 404 g/mol. The van der Waals surface area contributed by atoms with Crippen molar-refractivity contribution in [1.29, 1.82) is 0 Å². The van der Waals surface area contributed by atoms with E-state index in [2.05, 4.69) is 50.3 Å². The fourth-order valence-corrected chi connectivity index (χ4v) is 5.01. The van der Waals surface area contributed by atoms with Gasteiger partial charge in [-0.25, -0.2) is 4.98 Å². The number of aromatic nitrogens is 2. The molecule has 4 aromatic rings. The molecule has 4 heterocycles. The van der Waals surface area contributed by atoms with Crippen LogP contribution in [0.2, 0.25) is 0 Å². The first-order chi connectivity index (χ1) is 14.2. The maximum Gasteiger partial charge on any atom is 0.248 e. The Bertz CT molecular complexity index is 1220. The second-order valence-electron chi connectivity index (χ2n) is 7.75. The molecular weight excluding hydrogens is 380 g/mol. The smallest absolute Gasteiger partial charge is 0.248 e. The predicted octanol–water partition coefficient (Wildman–Crippen LogP) is 3.81. The Morgan fingerprint density at radius 1 is 1.07 bits per heavy atom. The standard InChI is InChI=1S/C23H24N4OS/c1-16-2-3-20-19(14-16)17(15-22(28)25-20)5-8-26-9-11-27(12-10-26)23-18-6-13-29-21(18)4-7-24-23/h2-4,6-7,13-15H,5,8-12H2,1H3,(H,25,28). The Kier molecular flexibility index (Phi) is 4.81. The number of aromatic amines is 1. The quantitative estimate of drug-likeness (QED) is 0.562. The minimum atomic E-state index is -0.0175. The average molecular weight is 405 g/mol. The number of thiophene rings is 1. The van der Waals surface area contributed by atoms with Crippen LogP contribution in [0.5, 0.6) is 0 Å². The second kappa shape index (κ2) is 7.61. The maximum atomic E-state index is 12.0. The van der Waals surface area contributed by atoms with Crippen LogP contribution in [0, 0.1) is 6.92 Å². The van der Waals surface area contributed by atoms with E-state index in [4.69, 9.17) is 0 Å². The van der Waals surface area contributed by atoms with Gasteiger partial charge >= 0.3 is 0 Å². The van der Waals surface area contributed by atoms with Gasteiger partial charge in [0.2, 0.25) is 5.56 Å². The van der Waals surface area contributed by atoms with Gasteiger partial charge in [-0.2, -0.15) is 0 Å². The molecule has 0 spiro atoms. The molecule has 0 radical (unpaired) electrons. The summed E-state index contributed by atoms with van der Waals surface area (Å²) >= 11 is 1.77. The van der Waals surface area contributed by atoms with Crippen molar-refractivity contribution in [1.82, 2.24) is 14.9 Å². The van der Waals surface area contributed by atoms with E-state index >= 15 is 0 Å². The number of rotatable bonds is 4. The summed E-state index contributed by atoms with van der Waals surface area (Å²) < 4.78 is 1.30. The van der Waals surface area contributed by atoms with Crippen LogP contribution in [-0.2, 0) is 6.42 Å². The number of nitrogens with one attached hydrogen (secondary N) is 1. The molecule has 5 rings (SSSR count). The molecule has 29 heavy (non-hydrogen) atoms. The highest BCUT2D eigenvalue weighted by molar-refractivity contribution is 7.17. The molecule has 1 aliphatic heterocycles. The van der Waals surface area contributed by atoms with Gasteiger partial charge < -0.3 is 9.88 Å². The van der Waals surface area contributed by atoms with Gasteiger partial charge in [-0.1, -0.05) is 11.6 Å². The average Bonchev–Trinajstić information content (AvgIpc) is 3.22. The number of fused-ring (bicyclic) bond motifs is 2. The SMILES string of the molecule is Cc1ccc2[nH]c(=O)cc(CCN3CCN(c4nccc5sccc45)CC3)c2c1. The maximum absolute atomic E-state index is 12.0. The van der Waals surface area contributed by atoms with Crippen LogP contribution in [0.4, 0.5) is 5.82 Å². The summed E-state index contributed by atoms with van der Waals surface area (Å²) in [5.41, 5.74) is 3.27. The third-order valence-electron chi connectivity index (χ3n) is 5.81. The Morgan fingerprint density at radius 2 is 1.93 bits per heavy atom. The zero-order valence-electron chi connectivity index (χ0n) is 16.5. The number of hydrogen-bond donors (Lipinski definition) is 1. The summed E-state index contributed by atoms with van der Waals surface area (Å²) in [6.45, 7) is 7.06. The molecule has 3 aromatic heterocycles. The van der Waals surface area contributed by atoms with Gasteiger partial charge in [-0.3, -0.25) is 9.69 Å². The molecule has 0 bridgehead atoms. The highest BCUT2D eigenvalue weighted by atomic mass is 32.1. The summed E-state index contributed by atoms with van der Waals surface area (Å²) in [4.78, 5) is 24.5. The molecule has 0 amide bonds. The lowest BCUT2D eigenvalue weighted by Gasteiger charge is -2.35. The molecule has 1 saturated heterocycles. The number of hydrogen-bond acceptors (Lipinski definition) is 5. The fraction of sp³-hybridized carbons (Fsp3) is 0.304. The molecule has 1 N–H and O–H groups in total. The summed E-state index contributed by atoms with van der Waals surface area (Å²) in [5, 5.41) is 4.56. The summed E-state index contributed by atoms with van der Waals surface area (Å²) in [7, 11) is 0. The Labute approximate surface area is 173 Å². The lowest BCUT2D eigenvalue weighted by molar-refractivity contribution is 0.261. The van der Waals surface area contributed by atoms with Gasteiger partial charge in [0, 0.05) is 66.0 Å². The Hall–Kier alpha value is -2.70. The zero-order chi connectivity index (χ0) is 19.8. The number of H-pyrrole nitrogens is 1. The van der Waals surface area contributed by atoms with Crippen LogP contribution in [0.15, 0.2) is 52.8 Å². The highest BCUT2D eigenvalue weighted by Gasteiger charge is 2.20. The van der Waals surface area contributed by atoms with Gasteiger partial charge in [0.1, 0.15) is 5.82 Å². The number of benzene rings is 1. The topological polar surface area (TPSA) is 52.2 Å².